The zero-order valence-electron chi connectivity index (χ0n) is 12.6. The van der Waals surface area contributed by atoms with E-state index in [0.29, 0.717) is 52.8 Å². The largest absolute Gasteiger partial charge is 0.490 e. The molecule has 0 atom stereocenters. The van der Waals surface area contributed by atoms with Gasteiger partial charge in [0.1, 0.15) is 12.4 Å². The highest BCUT2D eigenvalue weighted by atomic mass is 79.9. The number of rotatable bonds is 13. The maximum Gasteiger partial charge on any atom is 0.134 e. The van der Waals surface area contributed by atoms with Gasteiger partial charge in [-0.2, -0.15) is 0 Å². The van der Waals surface area contributed by atoms with Crippen LogP contribution in [0.5, 0.6) is 5.75 Å². The van der Waals surface area contributed by atoms with Crippen LogP contribution in [0.3, 0.4) is 0 Å². The second-order valence-electron chi connectivity index (χ2n) is 4.21. The molecule has 9 heteroatoms. The summed E-state index contributed by atoms with van der Waals surface area (Å²) in [5.74, 6) is 0.775. The molecule has 128 valence electrons. The summed E-state index contributed by atoms with van der Waals surface area (Å²) in [6.07, 6.45) is 0. The van der Waals surface area contributed by atoms with Crippen molar-refractivity contribution in [1.82, 2.24) is 0 Å². The third-order valence-electron chi connectivity index (χ3n) is 2.52. The molecule has 0 N–H and O–H groups in total. The van der Waals surface area contributed by atoms with Gasteiger partial charge < -0.3 is 18.9 Å². The summed E-state index contributed by atoms with van der Waals surface area (Å²) in [7, 11) is 0. The van der Waals surface area contributed by atoms with Crippen LogP contribution in [-0.4, -0.2) is 52.8 Å². The number of nitrogens with zero attached hydrogens (tertiary/aromatic N) is 3. The predicted molar refractivity (Wildman–Crippen MR) is 93.8 cm³/mol. The van der Waals surface area contributed by atoms with Crippen molar-refractivity contribution >= 4 is 31.9 Å². The number of azide groups is 1. The Labute approximate surface area is 152 Å². The van der Waals surface area contributed by atoms with Crippen LogP contribution in [0.2, 0.25) is 0 Å². The summed E-state index contributed by atoms with van der Waals surface area (Å²) < 4.78 is 23.4. The molecule has 0 saturated carbocycles. The maximum atomic E-state index is 8.07. The molecule has 1 aromatic carbocycles. The lowest BCUT2D eigenvalue weighted by Crippen LogP contribution is -2.13. The Hall–Kier alpha value is -0.830. The lowest BCUT2D eigenvalue weighted by molar-refractivity contribution is 0.0105. The summed E-state index contributed by atoms with van der Waals surface area (Å²) in [4.78, 5) is 2.63. The van der Waals surface area contributed by atoms with E-state index in [1.54, 1.807) is 0 Å². The number of hydrogen-bond donors (Lipinski definition) is 0. The van der Waals surface area contributed by atoms with Crippen molar-refractivity contribution in [3.63, 3.8) is 0 Å². The van der Waals surface area contributed by atoms with Gasteiger partial charge in [-0.05, 0) is 39.7 Å². The molecule has 1 aromatic rings. The van der Waals surface area contributed by atoms with E-state index in [0.717, 1.165) is 14.7 Å². The van der Waals surface area contributed by atoms with Gasteiger partial charge in [0, 0.05) is 15.9 Å². The van der Waals surface area contributed by atoms with Crippen molar-refractivity contribution in [1.29, 1.82) is 0 Å². The van der Waals surface area contributed by atoms with Gasteiger partial charge in [-0.1, -0.05) is 21.0 Å². The molecule has 0 bridgehead atoms. The number of halogens is 2. The maximum absolute atomic E-state index is 8.07. The summed E-state index contributed by atoms with van der Waals surface area (Å²) in [5, 5.41) is 3.36. The third kappa shape index (κ3) is 10.5. The first-order valence-electron chi connectivity index (χ1n) is 7.06. The van der Waals surface area contributed by atoms with Crippen molar-refractivity contribution in [2.24, 2.45) is 5.11 Å². The minimum Gasteiger partial charge on any atom is -0.490 e. The summed E-state index contributed by atoms with van der Waals surface area (Å²) in [5.41, 5.74) is 8.07. The van der Waals surface area contributed by atoms with Gasteiger partial charge in [0.2, 0.25) is 0 Å². The Balaban J connectivity index is 1.90. The third-order valence-corrected chi connectivity index (χ3v) is 3.67. The molecule has 7 nitrogen and oxygen atoms in total. The van der Waals surface area contributed by atoms with Gasteiger partial charge in [0.25, 0.3) is 0 Å². The zero-order valence-corrected chi connectivity index (χ0v) is 15.8. The lowest BCUT2D eigenvalue weighted by Gasteiger charge is -2.09. The van der Waals surface area contributed by atoms with Crippen LogP contribution in [-0.2, 0) is 14.2 Å². The van der Waals surface area contributed by atoms with Crippen LogP contribution in [0.1, 0.15) is 0 Å². The number of benzene rings is 1. The first-order chi connectivity index (χ1) is 11.2. The Morgan fingerprint density at radius 2 is 1.52 bits per heavy atom. The fraction of sp³-hybridized carbons (Fsp3) is 0.571. The molecule has 0 radical (unpaired) electrons. The first kappa shape index (κ1) is 20.2. The van der Waals surface area contributed by atoms with Gasteiger partial charge in [0.15, 0.2) is 0 Å². The van der Waals surface area contributed by atoms with Crippen LogP contribution in [0, 0.1) is 0 Å². The van der Waals surface area contributed by atoms with Crippen LogP contribution in [0.4, 0.5) is 0 Å². The van der Waals surface area contributed by atoms with Gasteiger partial charge >= 0.3 is 0 Å². The average Bonchev–Trinajstić information content (AvgIpc) is 2.55. The molecule has 0 aromatic heterocycles. The van der Waals surface area contributed by atoms with Crippen molar-refractivity contribution < 1.29 is 18.9 Å². The quantitative estimate of drug-likeness (QED) is 0.196. The highest BCUT2D eigenvalue weighted by molar-refractivity contribution is 9.11. The van der Waals surface area contributed by atoms with Crippen molar-refractivity contribution in [3.05, 3.63) is 37.6 Å². The lowest BCUT2D eigenvalue weighted by atomic mass is 10.3. The Bertz CT molecular complexity index is 499. The van der Waals surface area contributed by atoms with Crippen LogP contribution < -0.4 is 4.74 Å². The van der Waals surface area contributed by atoms with E-state index in [2.05, 4.69) is 41.9 Å². The van der Waals surface area contributed by atoms with Crippen LogP contribution in [0.15, 0.2) is 32.3 Å². The molecular formula is C14H19Br2N3O4. The first-order valence-corrected chi connectivity index (χ1v) is 8.64. The topological polar surface area (TPSA) is 85.7 Å². The van der Waals surface area contributed by atoms with E-state index in [-0.39, 0.29) is 0 Å². The van der Waals surface area contributed by atoms with E-state index < -0.39 is 0 Å². The second-order valence-corrected chi connectivity index (χ2v) is 5.98. The molecule has 0 amide bonds. The molecule has 0 saturated heterocycles. The summed E-state index contributed by atoms with van der Waals surface area (Å²) in [6, 6.07) is 5.75. The SMILES string of the molecule is [N-]=[N+]=NCCOCCOCCOCCOc1cc(Br)ccc1Br. The van der Waals surface area contributed by atoms with E-state index in [1.165, 1.54) is 0 Å². The minimum atomic E-state index is 0.341. The molecule has 0 spiro atoms. The standard InChI is InChI=1S/C14H19Br2N3O4/c15-12-1-2-13(16)14(11-12)23-10-9-22-8-7-21-6-5-20-4-3-18-19-17/h1-2,11H,3-10H2. The molecule has 1 rings (SSSR count). The van der Waals surface area contributed by atoms with Gasteiger partial charge in [-0.3, -0.25) is 0 Å². The number of hydrogen-bond acceptors (Lipinski definition) is 5. The smallest absolute Gasteiger partial charge is 0.134 e. The fourth-order valence-corrected chi connectivity index (χ4v) is 2.19. The van der Waals surface area contributed by atoms with E-state index in [9.17, 15) is 0 Å². The molecule has 0 aliphatic heterocycles. The van der Waals surface area contributed by atoms with Crippen molar-refractivity contribution in [3.8, 4) is 5.75 Å². The van der Waals surface area contributed by atoms with Crippen LogP contribution in [0.25, 0.3) is 10.4 Å². The predicted octanol–water partition coefficient (Wildman–Crippen LogP) is 3.95. The molecular weight excluding hydrogens is 434 g/mol. The fourth-order valence-electron chi connectivity index (χ4n) is 1.49. The molecule has 0 unspecified atom stereocenters. The Kier molecular flexibility index (Phi) is 11.9. The summed E-state index contributed by atoms with van der Waals surface area (Å²) >= 11 is 6.82. The van der Waals surface area contributed by atoms with Crippen molar-refractivity contribution in [2.45, 2.75) is 0 Å². The molecule has 0 aliphatic carbocycles. The highest BCUT2D eigenvalue weighted by Crippen LogP contribution is 2.28. The Morgan fingerprint density at radius 3 is 2.17 bits per heavy atom. The van der Waals surface area contributed by atoms with Gasteiger partial charge in [0.05, 0.1) is 44.1 Å². The normalized spacial score (nSPS) is 10.3. The van der Waals surface area contributed by atoms with Gasteiger partial charge in [-0.15, -0.1) is 0 Å². The molecule has 23 heavy (non-hydrogen) atoms. The van der Waals surface area contributed by atoms with E-state index in [1.807, 2.05) is 18.2 Å². The summed E-state index contributed by atoms with van der Waals surface area (Å²) in [6.45, 7) is 3.67. The van der Waals surface area contributed by atoms with E-state index in [4.69, 9.17) is 24.5 Å². The van der Waals surface area contributed by atoms with Gasteiger partial charge in [-0.25, -0.2) is 0 Å². The number of ether oxygens (including phenoxy) is 4. The molecule has 0 fully saturated rings. The molecule has 0 heterocycles. The second kappa shape index (κ2) is 13.6. The van der Waals surface area contributed by atoms with E-state index >= 15 is 0 Å². The average molecular weight is 453 g/mol. The van der Waals surface area contributed by atoms with Crippen LogP contribution >= 0.6 is 31.9 Å². The van der Waals surface area contributed by atoms with Crippen molar-refractivity contribution in [2.75, 3.05) is 52.8 Å². The Morgan fingerprint density at radius 1 is 0.913 bits per heavy atom. The monoisotopic (exact) mass is 451 g/mol. The zero-order chi connectivity index (χ0) is 16.8. The molecule has 0 aliphatic rings. The minimum absolute atomic E-state index is 0.341. The highest BCUT2D eigenvalue weighted by Gasteiger charge is 2.01.